The molecule has 0 saturated heterocycles. The van der Waals surface area contributed by atoms with Gasteiger partial charge in [0.1, 0.15) is 6.04 Å². The Bertz CT molecular complexity index is 549. The van der Waals surface area contributed by atoms with Gasteiger partial charge in [-0.3, -0.25) is 9.59 Å². The second-order valence-electron chi connectivity index (χ2n) is 3.77. The summed E-state index contributed by atoms with van der Waals surface area (Å²) in [7, 11) is 1.14. The van der Waals surface area contributed by atoms with Crippen molar-refractivity contribution in [3.63, 3.8) is 0 Å². The Labute approximate surface area is 133 Å². The fourth-order valence-corrected chi connectivity index (χ4v) is 2.11. The fourth-order valence-electron chi connectivity index (χ4n) is 1.36. The van der Waals surface area contributed by atoms with Crippen LogP contribution in [0.2, 0.25) is 5.02 Å². The van der Waals surface area contributed by atoms with Gasteiger partial charge < -0.3 is 15.2 Å². The predicted molar refractivity (Wildman–Crippen MR) is 79.7 cm³/mol. The van der Waals surface area contributed by atoms with E-state index in [2.05, 4.69) is 10.1 Å². The molecule has 108 valence electrons. The molecule has 8 heteroatoms. The van der Waals surface area contributed by atoms with Crippen LogP contribution in [0.3, 0.4) is 0 Å². The van der Waals surface area contributed by atoms with Gasteiger partial charge >= 0.3 is 11.9 Å². The van der Waals surface area contributed by atoms with E-state index in [1.807, 2.05) is 22.6 Å². The van der Waals surface area contributed by atoms with Gasteiger partial charge in [0.15, 0.2) is 0 Å². The average Bonchev–Trinajstić information content (AvgIpc) is 2.40. The average molecular weight is 412 g/mol. The summed E-state index contributed by atoms with van der Waals surface area (Å²) in [6, 6.07) is 3.32. The molecule has 0 spiro atoms. The lowest BCUT2D eigenvalue weighted by Gasteiger charge is -2.14. The van der Waals surface area contributed by atoms with Crippen molar-refractivity contribution < 1.29 is 24.2 Å². The summed E-state index contributed by atoms with van der Waals surface area (Å²) in [5.41, 5.74) is 0.245. The molecule has 1 aromatic carbocycles. The molecular formula is C12H11ClINO5. The number of carboxylic acids is 1. The smallest absolute Gasteiger partial charge is 0.326 e. The molecule has 0 aliphatic carbocycles. The minimum absolute atomic E-state index is 0.245. The molecule has 0 unspecified atom stereocenters. The van der Waals surface area contributed by atoms with Crippen molar-refractivity contribution in [3.8, 4) is 0 Å². The van der Waals surface area contributed by atoms with Crippen LogP contribution < -0.4 is 5.32 Å². The number of hydrogen-bond donors (Lipinski definition) is 2. The zero-order valence-corrected chi connectivity index (χ0v) is 13.3. The van der Waals surface area contributed by atoms with E-state index in [1.54, 1.807) is 12.1 Å². The zero-order chi connectivity index (χ0) is 15.3. The SMILES string of the molecule is COC(=O)C[C@H](NC(=O)c1cc(Cl)ccc1I)C(=O)O. The van der Waals surface area contributed by atoms with Crippen molar-refractivity contribution in [1.29, 1.82) is 0 Å². The van der Waals surface area contributed by atoms with Crippen LogP contribution in [-0.2, 0) is 14.3 Å². The molecule has 0 bridgehead atoms. The van der Waals surface area contributed by atoms with Crippen LogP contribution in [0, 0.1) is 3.57 Å². The highest BCUT2D eigenvalue weighted by molar-refractivity contribution is 14.1. The third-order valence-electron chi connectivity index (χ3n) is 2.37. The van der Waals surface area contributed by atoms with E-state index in [4.69, 9.17) is 16.7 Å². The maximum atomic E-state index is 12.0. The Morgan fingerprint density at radius 2 is 2.10 bits per heavy atom. The molecule has 0 aliphatic rings. The number of benzene rings is 1. The van der Waals surface area contributed by atoms with Crippen molar-refractivity contribution >= 4 is 52.0 Å². The van der Waals surface area contributed by atoms with Gasteiger partial charge in [0.25, 0.3) is 5.91 Å². The second-order valence-corrected chi connectivity index (χ2v) is 5.37. The Kier molecular flexibility index (Phi) is 6.21. The largest absolute Gasteiger partial charge is 0.480 e. The number of carbonyl (C=O) groups excluding carboxylic acids is 2. The van der Waals surface area contributed by atoms with Crippen molar-refractivity contribution in [2.45, 2.75) is 12.5 Å². The molecule has 0 radical (unpaired) electrons. The van der Waals surface area contributed by atoms with Crippen LogP contribution in [0.5, 0.6) is 0 Å². The number of halogens is 2. The predicted octanol–water partition coefficient (Wildman–Crippen LogP) is 1.69. The normalized spacial score (nSPS) is 11.6. The lowest BCUT2D eigenvalue weighted by Crippen LogP contribution is -2.42. The van der Waals surface area contributed by atoms with Crippen molar-refractivity contribution in [2.24, 2.45) is 0 Å². The van der Waals surface area contributed by atoms with Crippen molar-refractivity contribution in [1.82, 2.24) is 5.32 Å². The van der Waals surface area contributed by atoms with Crippen molar-refractivity contribution in [2.75, 3.05) is 7.11 Å². The highest BCUT2D eigenvalue weighted by atomic mass is 127. The maximum absolute atomic E-state index is 12.0. The van der Waals surface area contributed by atoms with Gasteiger partial charge in [-0.2, -0.15) is 0 Å². The molecule has 0 aliphatic heterocycles. The summed E-state index contributed by atoms with van der Waals surface area (Å²) in [5, 5.41) is 11.6. The Hall–Kier alpha value is -1.35. The Morgan fingerprint density at radius 3 is 2.65 bits per heavy atom. The third kappa shape index (κ3) is 4.64. The van der Waals surface area contributed by atoms with Gasteiger partial charge in [-0.1, -0.05) is 11.6 Å². The summed E-state index contributed by atoms with van der Waals surface area (Å²) in [6.07, 6.45) is -0.450. The van der Waals surface area contributed by atoms with Gasteiger partial charge in [-0.15, -0.1) is 0 Å². The molecule has 0 heterocycles. The van der Waals surface area contributed by atoms with Gasteiger partial charge in [0.05, 0.1) is 19.1 Å². The minimum Gasteiger partial charge on any atom is -0.480 e. The van der Waals surface area contributed by atoms with Crippen molar-refractivity contribution in [3.05, 3.63) is 32.4 Å². The molecule has 1 amide bonds. The van der Waals surface area contributed by atoms with Crippen LogP contribution in [0.4, 0.5) is 0 Å². The maximum Gasteiger partial charge on any atom is 0.326 e. The van der Waals surface area contributed by atoms with E-state index in [0.717, 1.165) is 7.11 Å². The number of hydrogen-bond acceptors (Lipinski definition) is 4. The topological polar surface area (TPSA) is 92.7 Å². The summed E-state index contributed by atoms with van der Waals surface area (Å²) in [5.74, 6) is -2.66. The van der Waals surface area contributed by atoms with Crippen LogP contribution in [-0.4, -0.2) is 36.1 Å². The van der Waals surface area contributed by atoms with E-state index >= 15 is 0 Å². The number of aliphatic carboxylic acids is 1. The summed E-state index contributed by atoms with van der Waals surface area (Å²) in [4.78, 5) is 34.1. The summed E-state index contributed by atoms with van der Waals surface area (Å²) < 4.78 is 5.00. The first kappa shape index (κ1) is 16.7. The molecule has 2 N–H and O–H groups in total. The summed E-state index contributed by atoms with van der Waals surface area (Å²) in [6.45, 7) is 0. The van der Waals surface area contributed by atoms with Gasteiger partial charge in [0.2, 0.25) is 0 Å². The number of ether oxygens (including phenoxy) is 1. The summed E-state index contributed by atoms with van der Waals surface area (Å²) >= 11 is 7.72. The van der Waals surface area contributed by atoms with Gasteiger partial charge in [0, 0.05) is 8.59 Å². The number of carbonyl (C=O) groups is 3. The lowest BCUT2D eigenvalue weighted by atomic mass is 10.1. The molecule has 1 atom stereocenters. The van der Waals surface area contributed by atoms with E-state index in [0.29, 0.717) is 8.59 Å². The quantitative estimate of drug-likeness (QED) is 0.568. The van der Waals surface area contributed by atoms with E-state index < -0.39 is 30.3 Å². The van der Waals surface area contributed by atoms with Crippen LogP contribution in [0.15, 0.2) is 18.2 Å². The highest BCUT2D eigenvalue weighted by Crippen LogP contribution is 2.18. The fraction of sp³-hybridized carbons (Fsp3) is 0.250. The number of rotatable bonds is 5. The van der Waals surface area contributed by atoms with E-state index in [1.165, 1.54) is 6.07 Å². The monoisotopic (exact) mass is 411 g/mol. The van der Waals surface area contributed by atoms with E-state index in [9.17, 15) is 14.4 Å². The molecule has 0 aromatic heterocycles. The first-order valence-electron chi connectivity index (χ1n) is 5.40. The Morgan fingerprint density at radius 1 is 1.45 bits per heavy atom. The van der Waals surface area contributed by atoms with Crippen LogP contribution >= 0.6 is 34.2 Å². The molecule has 0 fully saturated rings. The molecular weight excluding hydrogens is 400 g/mol. The molecule has 1 rings (SSSR count). The number of methoxy groups -OCH3 is 1. The zero-order valence-electron chi connectivity index (χ0n) is 10.4. The Balaban J connectivity index is 2.88. The molecule has 6 nitrogen and oxygen atoms in total. The minimum atomic E-state index is -1.36. The van der Waals surface area contributed by atoms with E-state index in [-0.39, 0.29) is 5.56 Å². The number of nitrogens with one attached hydrogen (secondary N) is 1. The van der Waals surface area contributed by atoms with Crippen LogP contribution in [0.1, 0.15) is 16.8 Å². The number of esters is 1. The van der Waals surface area contributed by atoms with Gasteiger partial charge in [-0.05, 0) is 40.8 Å². The first-order chi connectivity index (χ1) is 9.35. The molecule has 0 saturated carbocycles. The lowest BCUT2D eigenvalue weighted by molar-refractivity contribution is -0.147. The molecule has 20 heavy (non-hydrogen) atoms. The third-order valence-corrected chi connectivity index (χ3v) is 3.55. The number of amides is 1. The van der Waals surface area contributed by atoms with Crippen LogP contribution in [0.25, 0.3) is 0 Å². The second kappa shape index (κ2) is 7.44. The highest BCUT2D eigenvalue weighted by Gasteiger charge is 2.25. The standard InChI is InChI=1S/C12H11ClINO5/c1-20-10(16)5-9(12(18)19)15-11(17)7-4-6(13)2-3-8(7)14/h2-4,9H,5H2,1H3,(H,15,17)(H,18,19)/t9-/m0/s1. The number of carboxylic acid groups (broad SMARTS) is 1. The first-order valence-corrected chi connectivity index (χ1v) is 6.86. The molecule has 1 aromatic rings. The van der Waals surface area contributed by atoms with Gasteiger partial charge in [-0.25, -0.2) is 4.79 Å².